The Morgan fingerprint density at radius 1 is 1.47 bits per heavy atom. The van der Waals surface area contributed by atoms with Crippen molar-refractivity contribution >= 4 is 23.2 Å². The van der Waals surface area contributed by atoms with Crippen molar-refractivity contribution in [2.75, 3.05) is 6.61 Å². The lowest BCUT2D eigenvalue weighted by Crippen LogP contribution is -1.98. The molecule has 0 fully saturated rings. The van der Waals surface area contributed by atoms with Gasteiger partial charge in [-0.1, -0.05) is 29.8 Å². The van der Waals surface area contributed by atoms with E-state index < -0.39 is 0 Å². The van der Waals surface area contributed by atoms with Crippen LogP contribution in [0.3, 0.4) is 0 Å². The normalized spacial score (nSPS) is 10.2. The highest BCUT2D eigenvalue weighted by Gasteiger charge is 2.09. The molecule has 0 aliphatic carbocycles. The second kappa shape index (κ2) is 5.25. The van der Waals surface area contributed by atoms with Gasteiger partial charge in [0.25, 0.3) is 0 Å². The largest absolute Gasteiger partial charge is 0.487 e. The predicted octanol–water partition coefficient (Wildman–Crippen LogP) is 3.86. The second-order valence-electron chi connectivity index (χ2n) is 3.38. The summed E-state index contributed by atoms with van der Waals surface area (Å²) in [5, 5.41) is 1.05. The Labute approximate surface area is 109 Å². The highest BCUT2D eigenvalue weighted by molar-refractivity contribution is 6.31. The Bertz CT molecular complexity index is 523. The summed E-state index contributed by atoms with van der Waals surface area (Å²) in [5.41, 5.74) is 0.792. The summed E-state index contributed by atoms with van der Waals surface area (Å²) in [4.78, 5) is 7.17. The summed E-state index contributed by atoms with van der Waals surface area (Å²) >= 11 is 11.6. The van der Waals surface area contributed by atoms with Crippen LogP contribution in [0.2, 0.25) is 5.02 Å². The Balaban J connectivity index is 2.34. The van der Waals surface area contributed by atoms with E-state index in [1.807, 2.05) is 0 Å². The molecule has 1 aromatic carbocycles. The number of aromatic amines is 1. The summed E-state index contributed by atoms with van der Waals surface area (Å²) in [6.45, 7) is 3.82. The number of imidazole rings is 1. The van der Waals surface area contributed by atoms with E-state index in [1.165, 1.54) is 0 Å². The zero-order valence-corrected chi connectivity index (χ0v) is 10.4. The van der Waals surface area contributed by atoms with Gasteiger partial charge in [-0.15, -0.1) is 0 Å². The van der Waals surface area contributed by atoms with E-state index >= 15 is 0 Å². The predicted molar refractivity (Wildman–Crippen MR) is 69.5 cm³/mol. The van der Waals surface area contributed by atoms with Gasteiger partial charge >= 0.3 is 0 Å². The van der Waals surface area contributed by atoms with Crippen molar-refractivity contribution in [2.45, 2.75) is 0 Å². The van der Waals surface area contributed by atoms with Gasteiger partial charge in [0, 0.05) is 22.4 Å². The Morgan fingerprint density at radius 2 is 2.29 bits per heavy atom. The molecule has 3 nitrogen and oxygen atoms in total. The number of hydrogen-bond donors (Lipinski definition) is 1. The van der Waals surface area contributed by atoms with E-state index in [-0.39, 0.29) is 6.61 Å². The van der Waals surface area contributed by atoms with Gasteiger partial charge in [-0.05, 0) is 18.2 Å². The molecule has 17 heavy (non-hydrogen) atoms. The highest BCUT2D eigenvalue weighted by atomic mass is 35.5. The molecule has 0 saturated heterocycles. The molecule has 88 valence electrons. The van der Waals surface area contributed by atoms with Crippen LogP contribution < -0.4 is 4.74 Å². The van der Waals surface area contributed by atoms with Crippen LogP contribution in [-0.4, -0.2) is 16.6 Å². The number of benzene rings is 1. The maximum Gasteiger partial charge on any atom is 0.141 e. The second-order valence-corrected chi connectivity index (χ2v) is 4.36. The quantitative estimate of drug-likeness (QED) is 0.915. The molecule has 2 rings (SSSR count). The summed E-state index contributed by atoms with van der Waals surface area (Å²) in [6, 6.07) is 5.31. The molecule has 0 atom stereocenters. The van der Waals surface area contributed by atoms with Crippen molar-refractivity contribution in [3.63, 3.8) is 0 Å². The number of rotatable bonds is 4. The van der Waals surface area contributed by atoms with Crippen molar-refractivity contribution in [3.8, 4) is 17.1 Å². The number of ether oxygens (including phenoxy) is 1. The van der Waals surface area contributed by atoms with Crippen molar-refractivity contribution < 1.29 is 4.74 Å². The van der Waals surface area contributed by atoms with Gasteiger partial charge in [0.1, 0.15) is 18.2 Å². The van der Waals surface area contributed by atoms with E-state index in [2.05, 4.69) is 16.5 Å². The van der Waals surface area contributed by atoms with Gasteiger partial charge in [0.2, 0.25) is 0 Å². The standard InChI is InChI=1S/C12H10Cl2N2O/c1-8(13)7-17-11-3-2-9(14)6-10(11)12-15-4-5-16-12/h2-6H,1,7H2,(H,15,16). The summed E-state index contributed by atoms with van der Waals surface area (Å²) in [7, 11) is 0. The zero-order chi connectivity index (χ0) is 12.3. The molecular formula is C12H10Cl2N2O. The van der Waals surface area contributed by atoms with Crippen molar-refractivity contribution in [3.05, 3.63) is 47.2 Å². The molecule has 1 aromatic heterocycles. The SMILES string of the molecule is C=C(Cl)COc1ccc(Cl)cc1-c1ncc[nH]1. The smallest absolute Gasteiger partial charge is 0.141 e. The van der Waals surface area contributed by atoms with E-state index in [1.54, 1.807) is 30.6 Å². The molecule has 5 heteroatoms. The molecule has 0 spiro atoms. The van der Waals surface area contributed by atoms with E-state index in [9.17, 15) is 0 Å². The third kappa shape index (κ3) is 3.02. The number of nitrogens with one attached hydrogen (secondary N) is 1. The third-order valence-corrected chi connectivity index (χ3v) is 2.42. The minimum Gasteiger partial charge on any atom is -0.487 e. The van der Waals surface area contributed by atoms with Gasteiger partial charge < -0.3 is 9.72 Å². The van der Waals surface area contributed by atoms with Crippen LogP contribution >= 0.6 is 23.2 Å². The Hall–Kier alpha value is -1.45. The van der Waals surface area contributed by atoms with Crippen LogP contribution in [0.4, 0.5) is 0 Å². The first-order valence-corrected chi connectivity index (χ1v) is 5.68. The Morgan fingerprint density at radius 3 is 2.94 bits per heavy atom. The van der Waals surface area contributed by atoms with Crippen LogP contribution in [0, 0.1) is 0 Å². The number of halogens is 2. The van der Waals surface area contributed by atoms with E-state index in [0.717, 1.165) is 5.56 Å². The van der Waals surface area contributed by atoms with Gasteiger partial charge in [-0.3, -0.25) is 0 Å². The van der Waals surface area contributed by atoms with Crippen LogP contribution in [0.1, 0.15) is 0 Å². The minimum absolute atomic E-state index is 0.247. The van der Waals surface area contributed by atoms with Crippen LogP contribution in [0.15, 0.2) is 42.2 Å². The zero-order valence-electron chi connectivity index (χ0n) is 8.91. The molecule has 1 heterocycles. The van der Waals surface area contributed by atoms with E-state index in [4.69, 9.17) is 27.9 Å². The van der Waals surface area contributed by atoms with Crippen molar-refractivity contribution in [1.82, 2.24) is 9.97 Å². The Kier molecular flexibility index (Phi) is 3.71. The first-order valence-electron chi connectivity index (χ1n) is 4.92. The first-order chi connectivity index (χ1) is 8.16. The molecule has 2 aromatic rings. The minimum atomic E-state index is 0.247. The van der Waals surface area contributed by atoms with Crippen LogP contribution in [0.25, 0.3) is 11.4 Å². The van der Waals surface area contributed by atoms with Gasteiger partial charge in [0.15, 0.2) is 0 Å². The van der Waals surface area contributed by atoms with Gasteiger partial charge in [-0.2, -0.15) is 0 Å². The third-order valence-electron chi connectivity index (χ3n) is 2.08. The fourth-order valence-corrected chi connectivity index (χ4v) is 1.61. The molecule has 0 bridgehead atoms. The number of nitrogens with zero attached hydrogens (tertiary/aromatic N) is 1. The van der Waals surface area contributed by atoms with E-state index in [0.29, 0.717) is 21.6 Å². The fraction of sp³-hybridized carbons (Fsp3) is 0.0833. The number of H-pyrrole nitrogens is 1. The first kappa shape index (κ1) is 12.0. The van der Waals surface area contributed by atoms with Gasteiger partial charge in [-0.25, -0.2) is 4.98 Å². The lowest BCUT2D eigenvalue weighted by Gasteiger charge is -2.09. The molecule has 1 N–H and O–H groups in total. The average Bonchev–Trinajstić information content (AvgIpc) is 2.80. The van der Waals surface area contributed by atoms with Crippen LogP contribution in [-0.2, 0) is 0 Å². The molecule has 0 amide bonds. The van der Waals surface area contributed by atoms with Crippen LogP contribution in [0.5, 0.6) is 5.75 Å². The molecule has 0 aliphatic heterocycles. The molecular weight excluding hydrogens is 259 g/mol. The summed E-state index contributed by atoms with van der Waals surface area (Å²) in [6.07, 6.45) is 3.40. The molecule has 0 saturated carbocycles. The monoisotopic (exact) mass is 268 g/mol. The average molecular weight is 269 g/mol. The number of hydrogen-bond acceptors (Lipinski definition) is 2. The van der Waals surface area contributed by atoms with Gasteiger partial charge in [0.05, 0.1) is 5.56 Å². The topological polar surface area (TPSA) is 37.9 Å². The highest BCUT2D eigenvalue weighted by Crippen LogP contribution is 2.30. The maximum absolute atomic E-state index is 5.96. The van der Waals surface area contributed by atoms with Crippen molar-refractivity contribution in [1.29, 1.82) is 0 Å². The molecule has 0 aliphatic rings. The lowest BCUT2D eigenvalue weighted by molar-refractivity contribution is 0.361. The lowest BCUT2D eigenvalue weighted by atomic mass is 10.2. The molecule has 0 radical (unpaired) electrons. The van der Waals surface area contributed by atoms with Crippen molar-refractivity contribution in [2.24, 2.45) is 0 Å². The molecule has 0 unspecified atom stereocenters. The number of aromatic nitrogens is 2. The maximum atomic E-state index is 5.96. The summed E-state index contributed by atoms with van der Waals surface area (Å²) in [5.74, 6) is 1.36. The summed E-state index contributed by atoms with van der Waals surface area (Å²) < 4.78 is 5.53. The fourth-order valence-electron chi connectivity index (χ4n) is 1.38.